The average Bonchev–Trinajstić information content (AvgIpc) is 2.18. The molecule has 0 aliphatic heterocycles. The Labute approximate surface area is 90.1 Å². The van der Waals surface area contributed by atoms with Gasteiger partial charge in [-0.1, -0.05) is 37.6 Å². The number of halogens is 1. The largest absolute Gasteiger partial charge is 0.293 e. The minimum absolute atomic E-state index is 0.00489. The highest BCUT2D eigenvalue weighted by Gasteiger charge is 2.11. The Morgan fingerprint density at radius 3 is 2.36 bits per heavy atom. The average molecular weight is 211 g/mol. The minimum atomic E-state index is -0.438. The molecule has 1 nitrogen and oxygen atoms in total. The zero-order valence-corrected chi connectivity index (χ0v) is 9.34. The van der Waals surface area contributed by atoms with Crippen LogP contribution in [-0.2, 0) is 6.42 Å². The van der Waals surface area contributed by atoms with Crippen molar-refractivity contribution in [1.82, 2.24) is 0 Å². The second-order valence-electron chi connectivity index (χ2n) is 3.43. The zero-order chi connectivity index (χ0) is 10.6. The number of alkyl halides is 1. The van der Waals surface area contributed by atoms with Crippen LogP contribution in [0.2, 0.25) is 0 Å². The van der Waals surface area contributed by atoms with Gasteiger partial charge in [0.15, 0.2) is 5.78 Å². The van der Waals surface area contributed by atoms with Gasteiger partial charge in [0.2, 0.25) is 0 Å². The third-order valence-corrected chi connectivity index (χ3v) is 2.34. The van der Waals surface area contributed by atoms with Crippen molar-refractivity contribution in [2.24, 2.45) is 0 Å². The number of rotatable bonds is 4. The normalized spacial score (nSPS) is 12.5. The summed E-state index contributed by atoms with van der Waals surface area (Å²) in [5.41, 5.74) is 1.97. The van der Waals surface area contributed by atoms with Crippen LogP contribution >= 0.6 is 11.6 Å². The van der Waals surface area contributed by atoms with Gasteiger partial charge in [0.05, 0.1) is 5.38 Å². The smallest absolute Gasteiger partial charge is 0.180 e. The summed E-state index contributed by atoms with van der Waals surface area (Å²) < 4.78 is 0. The minimum Gasteiger partial charge on any atom is -0.293 e. The Balaban J connectivity index is 2.78. The van der Waals surface area contributed by atoms with E-state index in [1.807, 2.05) is 24.3 Å². The predicted molar refractivity (Wildman–Crippen MR) is 60.1 cm³/mol. The molecule has 0 saturated carbocycles. The van der Waals surface area contributed by atoms with Crippen molar-refractivity contribution in [1.29, 1.82) is 0 Å². The van der Waals surface area contributed by atoms with Gasteiger partial charge in [-0.25, -0.2) is 0 Å². The van der Waals surface area contributed by atoms with E-state index in [9.17, 15) is 4.79 Å². The first-order valence-electron chi connectivity index (χ1n) is 4.92. The van der Waals surface area contributed by atoms with Crippen LogP contribution in [0.25, 0.3) is 0 Å². The first kappa shape index (κ1) is 11.3. The molecule has 2 heteroatoms. The fraction of sp³-hybridized carbons (Fsp3) is 0.417. The summed E-state index contributed by atoms with van der Waals surface area (Å²) in [4.78, 5) is 11.5. The van der Waals surface area contributed by atoms with Gasteiger partial charge in [0, 0.05) is 5.56 Å². The van der Waals surface area contributed by atoms with Crippen molar-refractivity contribution in [3.8, 4) is 0 Å². The standard InChI is InChI=1S/C12H15ClO/c1-3-4-10-5-7-11(8-6-10)12(14)9(2)13/h5-9H,3-4H2,1-2H3. The van der Waals surface area contributed by atoms with E-state index in [-0.39, 0.29) is 5.78 Å². The molecule has 0 aromatic heterocycles. The number of ketones is 1. The van der Waals surface area contributed by atoms with Crippen LogP contribution in [0.1, 0.15) is 36.2 Å². The molecule has 0 aliphatic carbocycles. The van der Waals surface area contributed by atoms with E-state index >= 15 is 0 Å². The molecule has 1 atom stereocenters. The van der Waals surface area contributed by atoms with E-state index in [0.29, 0.717) is 5.56 Å². The van der Waals surface area contributed by atoms with Crippen LogP contribution < -0.4 is 0 Å². The van der Waals surface area contributed by atoms with Crippen LogP contribution in [0.5, 0.6) is 0 Å². The number of aryl methyl sites for hydroxylation is 1. The molecule has 14 heavy (non-hydrogen) atoms. The third-order valence-electron chi connectivity index (χ3n) is 2.14. The van der Waals surface area contributed by atoms with Crippen LogP contribution in [0.4, 0.5) is 0 Å². The molecule has 0 bridgehead atoms. The summed E-state index contributed by atoms with van der Waals surface area (Å²) in [7, 11) is 0. The number of carbonyl (C=O) groups is 1. The molecule has 0 amide bonds. The molecule has 0 heterocycles. The molecule has 0 aliphatic rings. The molecular formula is C12H15ClO. The zero-order valence-electron chi connectivity index (χ0n) is 8.59. The lowest BCUT2D eigenvalue weighted by Crippen LogP contribution is -2.10. The molecule has 1 unspecified atom stereocenters. The number of carbonyl (C=O) groups excluding carboxylic acids is 1. The second-order valence-corrected chi connectivity index (χ2v) is 4.08. The number of benzene rings is 1. The summed E-state index contributed by atoms with van der Waals surface area (Å²) in [6.07, 6.45) is 2.18. The van der Waals surface area contributed by atoms with Crippen molar-refractivity contribution in [3.63, 3.8) is 0 Å². The number of Topliss-reactive ketones (excluding diaryl/α,β-unsaturated/α-hetero) is 1. The van der Waals surface area contributed by atoms with Crippen molar-refractivity contribution >= 4 is 17.4 Å². The van der Waals surface area contributed by atoms with Crippen LogP contribution in [0.3, 0.4) is 0 Å². The van der Waals surface area contributed by atoms with Crippen molar-refractivity contribution in [2.75, 3.05) is 0 Å². The molecule has 0 saturated heterocycles. The predicted octanol–water partition coefficient (Wildman–Crippen LogP) is 3.45. The molecule has 76 valence electrons. The lowest BCUT2D eigenvalue weighted by atomic mass is 10.0. The summed E-state index contributed by atoms with van der Waals surface area (Å²) >= 11 is 5.71. The summed E-state index contributed by atoms with van der Waals surface area (Å²) in [5, 5.41) is -0.438. The van der Waals surface area contributed by atoms with Gasteiger partial charge < -0.3 is 0 Å². The van der Waals surface area contributed by atoms with E-state index in [4.69, 9.17) is 11.6 Å². The topological polar surface area (TPSA) is 17.1 Å². The Morgan fingerprint density at radius 1 is 1.36 bits per heavy atom. The highest BCUT2D eigenvalue weighted by atomic mass is 35.5. The first-order valence-corrected chi connectivity index (χ1v) is 5.36. The maximum Gasteiger partial charge on any atom is 0.180 e. The highest BCUT2D eigenvalue weighted by molar-refractivity contribution is 6.33. The lowest BCUT2D eigenvalue weighted by Gasteiger charge is -2.03. The third kappa shape index (κ3) is 2.85. The van der Waals surface area contributed by atoms with Crippen molar-refractivity contribution in [2.45, 2.75) is 32.1 Å². The van der Waals surface area contributed by atoms with Crippen molar-refractivity contribution < 1.29 is 4.79 Å². The van der Waals surface area contributed by atoms with E-state index in [1.54, 1.807) is 6.92 Å². The van der Waals surface area contributed by atoms with Gasteiger partial charge in [-0.15, -0.1) is 11.6 Å². The number of hydrogen-bond donors (Lipinski definition) is 0. The summed E-state index contributed by atoms with van der Waals surface area (Å²) in [5.74, 6) is -0.00489. The summed E-state index contributed by atoms with van der Waals surface area (Å²) in [6, 6.07) is 7.70. The fourth-order valence-corrected chi connectivity index (χ4v) is 1.48. The molecule has 1 rings (SSSR count). The van der Waals surface area contributed by atoms with Gasteiger partial charge in [-0.3, -0.25) is 4.79 Å². The van der Waals surface area contributed by atoms with Gasteiger partial charge in [0.25, 0.3) is 0 Å². The molecule has 1 aromatic carbocycles. The van der Waals surface area contributed by atoms with E-state index in [2.05, 4.69) is 6.92 Å². The molecular weight excluding hydrogens is 196 g/mol. The first-order chi connectivity index (χ1) is 6.65. The lowest BCUT2D eigenvalue weighted by molar-refractivity contribution is 0.0992. The van der Waals surface area contributed by atoms with Crippen molar-refractivity contribution in [3.05, 3.63) is 35.4 Å². The Morgan fingerprint density at radius 2 is 1.93 bits per heavy atom. The molecule has 0 spiro atoms. The molecule has 1 aromatic rings. The highest BCUT2D eigenvalue weighted by Crippen LogP contribution is 2.11. The number of hydrogen-bond acceptors (Lipinski definition) is 1. The maximum absolute atomic E-state index is 11.5. The van der Waals surface area contributed by atoms with Gasteiger partial charge >= 0.3 is 0 Å². The van der Waals surface area contributed by atoms with Crippen LogP contribution in [0, 0.1) is 0 Å². The SMILES string of the molecule is CCCc1ccc(C(=O)C(C)Cl)cc1. The van der Waals surface area contributed by atoms with E-state index in [0.717, 1.165) is 12.8 Å². The van der Waals surface area contributed by atoms with E-state index in [1.165, 1.54) is 5.56 Å². The second kappa shape index (κ2) is 5.16. The molecule has 0 fully saturated rings. The van der Waals surface area contributed by atoms with E-state index < -0.39 is 5.38 Å². The van der Waals surface area contributed by atoms with Gasteiger partial charge in [0.1, 0.15) is 0 Å². The maximum atomic E-state index is 11.5. The van der Waals surface area contributed by atoms with Crippen LogP contribution in [0.15, 0.2) is 24.3 Å². The quantitative estimate of drug-likeness (QED) is 0.550. The Kier molecular flexibility index (Phi) is 4.15. The van der Waals surface area contributed by atoms with Crippen LogP contribution in [-0.4, -0.2) is 11.2 Å². The fourth-order valence-electron chi connectivity index (χ4n) is 1.35. The molecule has 0 radical (unpaired) electrons. The monoisotopic (exact) mass is 210 g/mol. The van der Waals surface area contributed by atoms with Gasteiger partial charge in [-0.2, -0.15) is 0 Å². The summed E-state index contributed by atoms with van der Waals surface area (Å²) in [6.45, 7) is 3.84. The Hall–Kier alpha value is -0.820. The van der Waals surface area contributed by atoms with Gasteiger partial charge in [-0.05, 0) is 18.9 Å². The Bertz CT molecular complexity index is 301. The molecule has 0 N–H and O–H groups in total.